The van der Waals surface area contributed by atoms with Gasteiger partial charge in [0.1, 0.15) is 18.1 Å². The molecule has 0 aliphatic carbocycles. The van der Waals surface area contributed by atoms with Gasteiger partial charge in [0.2, 0.25) is 0 Å². The minimum Gasteiger partial charge on any atom is -0.468 e. The standard InChI is InChI=1S/C11H17N3O3S/c12-10(13)8-7-18-11(14-8)17-6-5-16-9-3-1-2-4-15-9/h7,9H,1-6H2,(H3,12,13)/t9-/m1/s1. The molecule has 1 aromatic heterocycles. The van der Waals surface area contributed by atoms with Crippen LogP contribution in [-0.4, -0.2) is 36.9 Å². The summed E-state index contributed by atoms with van der Waals surface area (Å²) in [5.41, 5.74) is 5.76. The average molecular weight is 271 g/mol. The molecule has 1 fully saturated rings. The fourth-order valence-electron chi connectivity index (χ4n) is 1.60. The SMILES string of the molecule is N=C(N)c1csc(OCCO[C@@H]2CCCCO2)n1. The third kappa shape index (κ3) is 3.94. The van der Waals surface area contributed by atoms with Crippen molar-refractivity contribution in [1.82, 2.24) is 4.98 Å². The number of nitrogens with two attached hydrogens (primary N) is 1. The van der Waals surface area contributed by atoms with Crippen molar-refractivity contribution < 1.29 is 14.2 Å². The smallest absolute Gasteiger partial charge is 0.273 e. The monoisotopic (exact) mass is 271 g/mol. The van der Waals surface area contributed by atoms with Gasteiger partial charge in [-0.15, -0.1) is 0 Å². The topological polar surface area (TPSA) is 90.5 Å². The zero-order valence-corrected chi connectivity index (χ0v) is 10.9. The van der Waals surface area contributed by atoms with Gasteiger partial charge in [0.05, 0.1) is 6.61 Å². The zero-order chi connectivity index (χ0) is 12.8. The van der Waals surface area contributed by atoms with E-state index < -0.39 is 0 Å². The molecule has 1 aliphatic heterocycles. The van der Waals surface area contributed by atoms with E-state index in [4.69, 9.17) is 25.4 Å². The molecule has 0 aromatic carbocycles. The number of hydrogen-bond donors (Lipinski definition) is 2. The lowest BCUT2D eigenvalue weighted by molar-refractivity contribution is -0.165. The predicted molar refractivity (Wildman–Crippen MR) is 68.2 cm³/mol. The predicted octanol–water partition coefficient (Wildman–Crippen LogP) is 1.35. The fourth-order valence-corrected chi connectivity index (χ4v) is 2.29. The highest BCUT2D eigenvalue weighted by atomic mass is 32.1. The van der Waals surface area contributed by atoms with Crippen LogP contribution in [0.25, 0.3) is 0 Å². The van der Waals surface area contributed by atoms with Gasteiger partial charge in [0, 0.05) is 12.0 Å². The van der Waals surface area contributed by atoms with Crippen LogP contribution in [0, 0.1) is 5.41 Å². The normalized spacial score (nSPS) is 19.7. The van der Waals surface area contributed by atoms with Gasteiger partial charge in [-0.05, 0) is 19.3 Å². The molecule has 3 N–H and O–H groups in total. The van der Waals surface area contributed by atoms with E-state index in [-0.39, 0.29) is 12.1 Å². The number of hydrogen-bond acceptors (Lipinski definition) is 6. The lowest BCUT2D eigenvalue weighted by atomic mass is 10.2. The molecule has 1 aliphatic rings. The van der Waals surface area contributed by atoms with E-state index in [0.29, 0.717) is 24.1 Å². The van der Waals surface area contributed by atoms with Crippen LogP contribution in [0.15, 0.2) is 5.38 Å². The molecule has 0 spiro atoms. The highest BCUT2D eigenvalue weighted by molar-refractivity contribution is 7.11. The third-order valence-electron chi connectivity index (χ3n) is 2.51. The second-order valence-electron chi connectivity index (χ2n) is 3.93. The van der Waals surface area contributed by atoms with Crippen LogP contribution in [0.1, 0.15) is 25.0 Å². The summed E-state index contributed by atoms with van der Waals surface area (Å²) in [5, 5.41) is 9.43. The Morgan fingerprint density at radius 1 is 1.56 bits per heavy atom. The van der Waals surface area contributed by atoms with Crippen molar-refractivity contribution in [3.8, 4) is 5.19 Å². The van der Waals surface area contributed by atoms with Gasteiger partial charge in [-0.25, -0.2) is 0 Å². The number of rotatable bonds is 6. The van der Waals surface area contributed by atoms with Crippen LogP contribution in [0.5, 0.6) is 5.19 Å². The van der Waals surface area contributed by atoms with Crippen LogP contribution >= 0.6 is 11.3 Å². The van der Waals surface area contributed by atoms with Gasteiger partial charge >= 0.3 is 0 Å². The quantitative estimate of drug-likeness (QED) is 0.463. The van der Waals surface area contributed by atoms with Crippen molar-refractivity contribution >= 4 is 17.2 Å². The maximum atomic E-state index is 7.22. The fraction of sp³-hybridized carbons (Fsp3) is 0.636. The molecule has 1 saturated heterocycles. The maximum Gasteiger partial charge on any atom is 0.273 e. The summed E-state index contributed by atoms with van der Waals surface area (Å²) in [6, 6.07) is 0. The maximum absolute atomic E-state index is 7.22. The van der Waals surface area contributed by atoms with Gasteiger partial charge < -0.3 is 19.9 Å². The Kier molecular flexibility index (Phi) is 4.91. The van der Waals surface area contributed by atoms with Gasteiger partial charge in [-0.1, -0.05) is 11.3 Å². The summed E-state index contributed by atoms with van der Waals surface area (Å²) < 4.78 is 16.4. The van der Waals surface area contributed by atoms with E-state index in [2.05, 4.69) is 4.98 Å². The second-order valence-corrected chi connectivity index (χ2v) is 4.75. The molecule has 0 unspecified atom stereocenters. The van der Waals surface area contributed by atoms with Crippen molar-refractivity contribution in [2.24, 2.45) is 5.73 Å². The highest BCUT2D eigenvalue weighted by Crippen LogP contribution is 2.18. The van der Waals surface area contributed by atoms with Crippen LogP contribution in [0.2, 0.25) is 0 Å². The number of nitrogens with zero attached hydrogens (tertiary/aromatic N) is 1. The summed E-state index contributed by atoms with van der Waals surface area (Å²) in [4.78, 5) is 4.05. The lowest BCUT2D eigenvalue weighted by Gasteiger charge is -2.22. The number of ether oxygens (including phenoxy) is 3. The Balaban J connectivity index is 1.63. The molecule has 1 atom stereocenters. The minimum absolute atomic E-state index is 0.0482. The lowest BCUT2D eigenvalue weighted by Crippen LogP contribution is -2.24. The highest BCUT2D eigenvalue weighted by Gasteiger charge is 2.13. The first kappa shape index (κ1) is 13.3. The average Bonchev–Trinajstić information content (AvgIpc) is 2.85. The number of aromatic nitrogens is 1. The summed E-state index contributed by atoms with van der Waals surface area (Å²) in [6.45, 7) is 1.67. The van der Waals surface area contributed by atoms with Crippen LogP contribution in [0.3, 0.4) is 0 Å². The molecule has 1 aromatic rings. The summed E-state index contributed by atoms with van der Waals surface area (Å²) in [7, 11) is 0. The first-order chi connectivity index (χ1) is 8.75. The molecular weight excluding hydrogens is 254 g/mol. The van der Waals surface area contributed by atoms with Crippen molar-refractivity contribution in [1.29, 1.82) is 5.41 Å². The van der Waals surface area contributed by atoms with Crippen molar-refractivity contribution in [3.63, 3.8) is 0 Å². The number of thiazole rings is 1. The molecule has 100 valence electrons. The Labute approximate surface area is 110 Å². The van der Waals surface area contributed by atoms with E-state index in [1.54, 1.807) is 5.38 Å². The number of nitrogens with one attached hydrogen (secondary N) is 1. The number of nitrogen functional groups attached to an aromatic ring is 1. The van der Waals surface area contributed by atoms with Gasteiger partial charge in [-0.2, -0.15) is 4.98 Å². The Morgan fingerprint density at radius 2 is 2.44 bits per heavy atom. The molecule has 0 bridgehead atoms. The van der Waals surface area contributed by atoms with E-state index >= 15 is 0 Å². The van der Waals surface area contributed by atoms with Crippen molar-refractivity contribution in [3.05, 3.63) is 11.1 Å². The molecule has 2 heterocycles. The summed E-state index contributed by atoms with van der Waals surface area (Å²) in [6.07, 6.45) is 3.13. The molecular formula is C11H17N3O3S. The van der Waals surface area contributed by atoms with Gasteiger partial charge in [0.15, 0.2) is 6.29 Å². The van der Waals surface area contributed by atoms with Crippen LogP contribution < -0.4 is 10.5 Å². The van der Waals surface area contributed by atoms with E-state index in [9.17, 15) is 0 Å². The Bertz CT molecular complexity index is 391. The molecule has 0 amide bonds. The van der Waals surface area contributed by atoms with E-state index in [1.807, 2.05) is 0 Å². The molecule has 18 heavy (non-hydrogen) atoms. The van der Waals surface area contributed by atoms with Crippen LogP contribution in [-0.2, 0) is 9.47 Å². The molecule has 0 radical (unpaired) electrons. The second kappa shape index (κ2) is 6.67. The largest absolute Gasteiger partial charge is 0.468 e. The van der Waals surface area contributed by atoms with E-state index in [1.165, 1.54) is 11.3 Å². The molecule has 6 nitrogen and oxygen atoms in total. The third-order valence-corrected chi connectivity index (χ3v) is 3.26. The van der Waals surface area contributed by atoms with Crippen molar-refractivity contribution in [2.45, 2.75) is 25.6 Å². The van der Waals surface area contributed by atoms with Crippen molar-refractivity contribution in [2.75, 3.05) is 19.8 Å². The summed E-state index contributed by atoms with van der Waals surface area (Å²) in [5.74, 6) is -0.0482. The number of amidine groups is 1. The summed E-state index contributed by atoms with van der Waals surface area (Å²) >= 11 is 1.32. The van der Waals surface area contributed by atoms with Crippen LogP contribution in [0.4, 0.5) is 0 Å². The first-order valence-corrected chi connectivity index (χ1v) is 6.79. The van der Waals surface area contributed by atoms with E-state index in [0.717, 1.165) is 25.9 Å². The van der Waals surface area contributed by atoms with Gasteiger partial charge in [-0.3, -0.25) is 5.41 Å². The molecule has 2 rings (SSSR count). The Hall–Kier alpha value is -1.18. The molecule has 7 heteroatoms. The Morgan fingerprint density at radius 3 is 3.11 bits per heavy atom. The zero-order valence-electron chi connectivity index (χ0n) is 10.1. The minimum atomic E-state index is -0.0913. The first-order valence-electron chi connectivity index (χ1n) is 5.91. The van der Waals surface area contributed by atoms with Gasteiger partial charge in [0.25, 0.3) is 5.19 Å². The molecule has 0 saturated carbocycles.